The normalized spacial score (nSPS) is 27.9. The lowest BCUT2D eigenvalue weighted by Crippen LogP contribution is -2.28. The fraction of sp³-hybridized carbons (Fsp3) is 0.538. The van der Waals surface area contributed by atoms with E-state index in [0.29, 0.717) is 17.9 Å². The lowest BCUT2D eigenvalue weighted by atomic mass is 9.87. The fourth-order valence-electron chi connectivity index (χ4n) is 2.41. The van der Waals surface area contributed by atoms with Crippen molar-refractivity contribution in [2.24, 2.45) is 11.7 Å². The van der Waals surface area contributed by atoms with Crippen molar-refractivity contribution in [3.63, 3.8) is 0 Å². The highest BCUT2D eigenvalue weighted by Crippen LogP contribution is 2.32. The van der Waals surface area contributed by atoms with Gasteiger partial charge in [0.2, 0.25) is 0 Å². The molecule has 1 heterocycles. The predicted octanol–water partition coefficient (Wildman–Crippen LogP) is 2.15. The average Bonchev–Trinajstić information content (AvgIpc) is 2.77. The second-order valence-electron chi connectivity index (χ2n) is 4.32. The van der Waals surface area contributed by atoms with Gasteiger partial charge in [0.1, 0.15) is 0 Å². The summed E-state index contributed by atoms with van der Waals surface area (Å²) >= 11 is 0. The zero-order chi connectivity index (χ0) is 10.7. The standard InChI is InChI=1S/C13H19NO/c1-10(11-5-3-2-4-6-11)13-12(9-14)7-8-15-13/h2-6,10,12-13H,7-9,14H2,1H3. The van der Waals surface area contributed by atoms with E-state index in [9.17, 15) is 0 Å². The van der Waals surface area contributed by atoms with E-state index in [1.807, 2.05) is 6.07 Å². The molecular formula is C13H19NO. The zero-order valence-corrected chi connectivity index (χ0v) is 9.23. The van der Waals surface area contributed by atoms with Crippen molar-refractivity contribution in [2.75, 3.05) is 13.2 Å². The van der Waals surface area contributed by atoms with E-state index in [4.69, 9.17) is 10.5 Å². The van der Waals surface area contributed by atoms with Crippen LogP contribution in [0.1, 0.15) is 24.8 Å². The van der Waals surface area contributed by atoms with Gasteiger partial charge in [-0.1, -0.05) is 37.3 Å². The molecule has 2 heteroatoms. The molecule has 0 amide bonds. The molecule has 1 saturated heterocycles. The Hall–Kier alpha value is -0.860. The Morgan fingerprint density at radius 2 is 2.13 bits per heavy atom. The molecule has 1 aromatic rings. The van der Waals surface area contributed by atoms with Crippen LogP contribution < -0.4 is 5.73 Å². The lowest BCUT2D eigenvalue weighted by Gasteiger charge is -2.24. The van der Waals surface area contributed by atoms with Crippen LogP contribution >= 0.6 is 0 Å². The van der Waals surface area contributed by atoms with Gasteiger partial charge in [-0.2, -0.15) is 0 Å². The van der Waals surface area contributed by atoms with Gasteiger partial charge in [0.15, 0.2) is 0 Å². The van der Waals surface area contributed by atoms with Gasteiger partial charge in [-0.15, -0.1) is 0 Å². The van der Waals surface area contributed by atoms with E-state index < -0.39 is 0 Å². The predicted molar refractivity (Wildman–Crippen MR) is 61.8 cm³/mol. The van der Waals surface area contributed by atoms with Crippen molar-refractivity contribution in [3.05, 3.63) is 35.9 Å². The molecule has 15 heavy (non-hydrogen) atoms. The highest BCUT2D eigenvalue weighted by Gasteiger charge is 2.32. The van der Waals surface area contributed by atoms with Crippen molar-refractivity contribution in [3.8, 4) is 0 Å². The first-order valence-corrected chi connectivity index (χ1v) is 5.69. The van der Waals surface area contributed by atoms with Gasteiger partial charge in [0.05, 0.1) is 6.10 Å². The molecule has 1 aliphatic heterocycles. The summed E-state index contributed by atoms with van der Waals surface area (Å²) in [7, 11) is 0. The molecular weight excluding hydrogens is 186 g/mol. The van der Waals surface area contributed by atoms with E-state index in [1.54, 1.807) is 0 Å². The highest BCUT2D eigenvalue weighted by atomic mass is 16.5. The zero-order valence-electron chi connectivity index (χ0n) is 9.23. The second-order valence-corrected chi connectivity index (χ2v) is 4.32. The number of nitrogens with two attached hydrogens (primary N) is 1. The Balaban J connectivity index is 2.10. The first kappa shape index (κ1) is 10.7. The molecule has 0 aromatic heterocycles. The summed E-state index contributed by atoms with van der Waals surface area (Å²) in [5.74, 6) is 0.974. The van der Waals surface area contributed by atoms with Crippen LogP contribution in [0.15, 0.2) is 30.3 Å². The Morgan fingerprint density at radius 3 is 2.80 bits per heavy atom. The molecule has 3 atom stereocenters. The first-order chi connectivity index (χ1) is 7.33. The van der Waals surface area contributed by atoms with Crippen molar-refractivity contribution in [1.82, 2.24) is 0 Å². The smallest absolute Gasteiger partial charge is 0.0681 e. The Morgan fingerprint density at radius 1 is 1.40 bits per heavy atom. The molecule has 3 unspecified atom stereocenters. The van der Waals surface area contributed by atoms with Crippen LogP contribution in [0.3, 0.4) is 0 Å². The minimum absolute atomic E-state index is 0.303. The fourth-order valence-corrected chi connectivity index (χ4v) is 2.41. The molecule has 1 fully saturated rings. The summed E-state index contributed by atoms with van der Waals surface area (Å²) < 4.78 is 5.79. The number of benzene rings is 1. The molecule has 0 spiro atoms. The van der Waals surface area contributed by atoms with E-state index in [1.165, 1.54) is 5.56 Å². The Kier molecular flexibility index (Phi) is 3.39. The van der Waals surface area contributed by atoms with Gasteiger partial charge >= 0.3 is 0 Å². The van der Waals surface area contributed by atoms with Crippen LogP contribution in [0, 0.1) is 5.92 Å². The first-order valence-electron chi connectivity index (χ1n) is 5.69. The lowest BCUT2D eigenvalue weighted by molar-refractivity contribution is 0.0737. The summed E-state index contributed by atoms with van der Waals surface area (Å²) in [5.41, 5.74) is 7.11. The molecule has 0 bridgehead atoms. The summed E-state index contributed by atoms with van der Waals surface area (Å²) in [4.78, 5) is 0. The second kappa shape index (κ2) is 4.77. The quantitative estimate of drug-likeness (QED) is 0.820. The van der Waals surface area contributed by atoms with Crippen LogP contribution in [0.25, 0.3) is 0 Å². The molecule has 82 valence electrons. The monoisotopic (exact) mass is 205 g/mol. The van der Waals surface area contributed by atoms with Gasteiger partial charge in [-0.25, -0.2) is 0 Å². The molecule has 1 aromatic carbocycles. The van der Waals surface area contributed by atoms with E-state index in [0.717, 1.165) is 19.6 Å². The molecule has 2 N–H and O–H groups in total. The van der Waals surface area contributed by atoms with Crippen LogP contribution in [0.4, 0.5) is 0 Å². The van der Waals surface area contributed by atoms with Crippen LogP contribution in [-0.4, -0.2) is 19.3 Å². The van der Waals surface area contributed by atoms with Crippen molar-refractivity contribution in [2.45, 2.75) is 25.4 Å². The largest absolute Gasteiger partial charge is 0.377 e. The molecule has 2 rings (SSSR count). The van der Waals surface area contributed by atoms with Crippen molar-refractivity contribution >= 4 is 0 Å². The van der Waals surface area contributed by atoms with Crippen LogP contribution in [0.2, 0.25) is 0 Å². The third-order valence-electron chi connectivity index (χ3n) is 3.38. The maximum atomic E-state index is 5.79. The molecule has 0 aliphatic carbocycles. The average molecular weight is 205 g/mol. The number of ether oxygens (including phenoxy) is 1. The number of hydrogen-bond acceptors (Lipinski definition) is 2. The van der Waals surface area contributed by atoms with Gasteiger partial charge < -0.3 is 10.5 Å². The van der Waals surface area contributed by atoms with E-state index in [-0.39, 0.29) is 0 Å². The van der Waals surface area contributed by atoms with E-state index in [2.05, 4.69) is 31.2 Å². The number of rotatable bonds is 3. The van der Waals surface area contributed by atoms with Gasteiger partial charge in [0, 0.05) is 18.4 Å². The minimum Gasteiger partial charge on any atom is -0.377 e. The molecule has 2 nitrogen and oxygen atoms in total. The summed E-state index contributed by atoms with van der Waals surface area (Å²) in [5, 5.41) is 0. The van der Waals surface area contributed by atoms with Gasteiger partial charge in [-0.3, -0.25) is 0 Å². The summed E-state index contributed by atoms with van der Waals surface area (Å²) in [6, 6.07) is 10.5. The van der Waals surface area contributed by atoms with E-state index >= 15 is 0 Å². The SMILES string of the molecule is CC(c1ccccc1)C1OCCC1CN. The topological polar surface area (TPSA) is 35.2 Å². The third kappa shape index (κ3) is 2.21. The Bertz CT molecular complexity index is 299. The van der Waals surface area contributed by atoms with Crippen LogP contribution in [-0.2, 0) is 4.74 Å². The number of hydrogen-bond donors (Lipinski definition) is 1. The maximum Gasteiger partial charge on any atom is 0.0681 e. The highest BCUT2D eigenvalue weighted by molar-refractivity contribution is 5.20. The van der Waals surface area contributed by atoms with Crippen molar-refractivity contribution < 1.29 is 4.74 Å². The Labute approximate surface area is 91.4 Å². The summed E-state index contributed by atoms with van der Waals surface area (Å²) in [6.45, 7) is 3.83. The molecule has 0 saturated carbocycles. The maximum absolute atomic E-state index is 5.79. The molecule has 0 radical (unpaired) electrons. The minimum atomic E-state index is 0.303. The van der Waals surface area contributed by atoms with Gasteiger partial charge in [0.25, 0.3) is 0 Å². The molecule has 1 aliphatic rings. The third-order valence-corrected chi connectivity index (χ3v) is 3.38. The van der Waals surface area contributed by atoms with Gasteiger partial charge in [-0.05, 0) is 18.5 Å². The van der Waals surface area contributed by atoms with Crippen molar-refractivity contribution in [1.29, 1.82) is 0 Å². The summed E-state index contributed by atoms with van der Waals surface area (Å²) in [6.07, 6.45) is 1.41. The van der Waals surface area contributed by atoms with Crippen LogP contribution in [0.5, 0.6) is 0 Å².